The highest BCUT2D eigenvalue weighted by Gasteiger charge is 2.27. The summed E-state index contributed by atoms with van der Waals surface area (Å²) in [6.07, 6.45) is 2.00. The Hall–Kier alpha value is -1.36. The highest BCUT2D eigenvalue weighted by atomic mass is 32.2. The Kier molecular flexibility index (Phi) is 5.04. The number of nitrogens with one attached hydrogen (secondary N) is 2. The molecule has 1 aromatic rings. The summed E-state index contributed by atoms with van der Waals surface area (Å²) in [6.45, 7) is 0.268. The molecule has 1 fully saturated rings. The predicted octanol–water partition coefficient (Wildman–Crippen LogP) is 1.05. The van der Waals surface area contributed by atoms with Crippen molar-refractivity contribution in [3.05, 3.63) is 28.3 Å². The van der Waals surface area contributed by atoms with Gasteiger partial charge in [0.1, 0.15) is 0 Å². The van der Waals surface area contributed by atoms with E-state index in [9.17, 15) is 18.5 Å². The number of hydrazine groups is 1. The molecule has 0 aliphatic carbocycles. The fourth-order valence-electron chi connectivity index (χ4n) is 2.06. The van der Waals surface area contributed by atoms with Crippen LogP contribution < -0.4 is 16.0 Å². The lowest BCUT2D eigenvalue weighted by molar-refractivity contribution is -0.387. The maximum Gasteiger partial charge on any atom is 0.289 e. The number of rotatable bonds is 6. The Morgan fingerprint density at radius 1 is 1.48 bits per heavy atom. The molecule has 0 aromatic heterocycles. The summed E-state index contributed by atoms with van der Waals surface area (Å²) in [5.74, 6) is 6.24. The van der Waals surface area contributed by atoms with E-state index in [1.807, 2.05) is 0 Å². The average Bonchev–Trinajstić information content (AvgIpc) is 2.98. The number of nitrogens with zero attached hydrogens (tertiary/aromatic N) is 1. The van der Waals surface area contributed by atoms with Crippen LogP contribution in [0.25, 0.3) is 0 Å². The predicted molar refractivity (Wildman–Crippen MR) is 81.6 cm³/mol. The highest BCUT2D eigenvalue weighted by molar-refractivity contribution is 8.00. The molecule has 21 heavy (non-hydrogen) atoms. The molecule has 1 aliphatic rings. The van der Waals surface area contributed by atoms with Crippen LogP contribution in [0.4, 0.5) is 11.4 Å². The van der Waals surface area contributed by atoms with E-state index >= 15 is 0 Å². The van der Waals surface area contributed by atoms with Gasteiger partial charge in [0.15, 0.2) is 4.90 Å². The number of hydrogen-bond acceptors (Lipinski definition) is 7. The van der Waals surface area contributed by atoms with Gasteiger partial charge in [-0.05, 0) is 30.7 Å². The smallest absolute Gasteiger partial charge is 0.289 e. The second kappa shape index (κ2) is 6.60. The molecule has 0 amide bonds. The fourth-order valence-corrected chi connectivity index (χ4v) is 4.64. The van der Waals surface area contributed by atoms with E-state index < -0.39 is 20.6 Å². The van der Waals surface area contributed by atoms with Crippen LogP contribution in [-0.4, -0.2) is 30.9 Å². The minimum Gasteiger partial charge on any atom is -0.324 e. The van der Waals surface area contributed by atoms with Crippen molar-refractivity contribution in [1.82, 2.24) is 4.72 Å². The van der Waals surface area contributed by atoms with Gasteiger partial charge in [0.05, 0.1) is 10.6 Å². The summed E-state index contributed by atoms with van der Waals surface area (Å²) in [5, 5.41) is 11.2. The molecule has 0 bridgehead atoms. The summed E-state index contributed by atoms with van der Waals surface area (Å²) in [4.78, 5) is 9.88. The molecular weight excluding hydrogens is 316 g/mol. The van der Waals surface area contributed by atoms with E-state index in [-0.39, 0.29) is 22.4 Å². The van der Waals surface area contributed by atoms with Gasteiger partial charge in [-0.3, -0.25) is 16.0 Å². The normalized spacial score (nSPS) is 18.6. The molecule has 4 N–H and O–H groups in total. The van der Waals surface area contributed by atoms with Crippen molar-refractivity contribution >= 4 is 33.2 Å². The van der Waals surface area contributed by atoms with Crippen LogP contribution in [0.3, 0.4) is 0 Å². The number of thioether (sulfide) groups is 1. The average molecular weight is 332 g/mol. The number of nitrogen functional groups attached to an aromatic ring is 1. The van der Waals surface area contributed by atoms with Crippen molar-refractivity contribution in [2.45, 2.75) is 23.0 Å². The number of nitro groups is 1. The van der Waals surface area contributed by atoms with Crippen molar-refractivity contribution in [1.29, 1.82) is 0 Å². The van der Waals surface area contributed by atoms with E-state index in [2.05, 4.69) is 10.1 Å². The maximum absolute atomic E-state index is 12.3. The molecule has 1 unspecified atom stereocenters. The molecule has 10 heteroatoms. The molecule has 0 radical (unpaired) electrons. The van der Waals surface area contributed by atoms with Crippen LogP contribution in [-0.2, 0) is 10.0 Å². The van der Waals surface area contributed by atoms with Gasteiger partial charge in [0, 0.05) is 17.9 Å². The van der Waals surface area contributed by atoms with Gasteiger partial charge >= 0.3 is 0 Å². The van der Waals surface area contributed by atoms with Gasteiger partial charge in [-0.25, -0.2) is 13.1 Å². The zero-order valence-corrected chi connectivity index (χ0v) is 12.7. The molecule has 8 nitrogen and oxygen atoms in total. The summed E-state index contributed by atoms with van der Waals surface area (Å²) >= 11 is 1.70. The molecule has 1 heterocycles. The molecule has 116 valence electrons. The summed E-state index contributed by atoms with van der Waals surface area (Å²) < 4.78 is 27.0. The molecule has 0 spiro atoms. The monoisotopic (exact) mass is 332 g/mol. The number of sulfonamides is 1. The van der Waals surface area contributed by atoms with Crippen LogP contribution in [0, 0.1) is 10.1 Å². The van der Waals surface area contributed by atoms with Gasteiger partial charge in [0.25, 0.3) is 5.69 Å². The van der Waals surface area contributed by atoms with E-state index in [1.54, 1.807) is 11.8 Å². The standard InChI is InChI=1S/C11H16N4O4S2/c12-14-8-3-4-10(15(16)17)11(6-8)21(18,19)13-7-9-2-1-5-20-9/h3-4,6,9,13-14H,1-2,5,7,12H2. The third-order valence-corrected chi connectivity index (χ3v) is 5.99. The van der Waals surface area contributed by atoms with Crippen LogP contribution >= 0.6 is 11.8 Å². The van der Waals surface area contributed by atoms with Crippen molar-refractivity contribution in [3.63, 3.8) is 0 Å². The van der Waals surface area contributed by atoms with E-state index in [4.69, 9.17) is 5.84 Å². The van der Waals surface area contributed by atoms with Gasteiger partial charge in [-0.1, -0.05) is 0 Å². The van der Waals surface area contributed by atoms with Crippen LogP contribution in [0.2, 0.25) is 0 Å². The van der Waals surface area contributed by atoms with Gasteiger partial charge in [0.2, 0.25) is 10.0 Å². The summed E-state index contributed by atoms with van der Waals surface area (Å²) in [5.41, 5.74) is 2.10. The quantitative estimate of drug-likeness (QED) is 0.403. The lowest BCUT2D eigenvalue weighted by Crippen LogP contribution is -2.30. The first-order chi connectivity index (χ1) is 9.94. The Morgan fingerprint density at radius 2 is 2.24 bits per heavy atom. The van der Waals surface area contributed by atoms with E-state index in [1.165, 1.54) is 6.07 Å². The van der Waals surface area contributed by atoms with Crippen molar-refractivity contribution in [3.8, 4) is 0 Å². The van der Waals surface area contributed by atoms with Crippen LogP contribution in [0.1, 0.15) is 12.8 Å². The molecule has 1 atom stereocenters. The molecular formula is C11H16N4O4S2. The molecule has 0 saturated carbocycles. The summed E-state index contributed by atoms with van der Waals surface area (Å²) in [7, 11) is -3.96. The first kappa shape index (κ1) is 16.0. The second-order valence-corrected chi connectivity index (χ2v) is 7.71. The minimum absolute atomic E-state index is 0.217. The molecule has 1 aliphatic heterocycles. The third-order valence-electron chi connectivity index (χ3n) is 3.14. The van der Waals surface area contributed by atoms with E-state index in [0.29, 0.717) is 0 Å². The second-order valence-electron chi connectivity index (χ2n) is 4.57. The summed E-state index contributed by atoms with van der Waals surface area (Å²) in [6, 6.07) is 3.63. The zero-order valence-electron chi connectivity index (χ0n) is 11.1. The minimum atomic E-state index is -3.96. The number of nitro benzene ring substituents is 1. The van der Waals surface area contributed by atoms with Crippen LogP contribution in [0.15, 0.2) is 23.1 Å². The zero-order chi connectivity index (χ0) is 15.5. The molecule has 1 aromatic carbocycles. The van der Waals surface area contributed by atoms with Crippen molar-refractivity contribution < 1.29 is 13.3 Å². The highest BCUT2D eigenvalue weighted by Crippen LogP contribution is 2.28. The van der Waals surface area contributed by atoms with Gasteiger partial charge in [-0.15, -0.1) is 0 Å². The largest absolute Gasteiger partial charge is 0.324 e. The molecule has 2 rings (SSSR count). The number of nitrogens with two attached hydrogens (primary N) is 1. The van der Waals surface area contributed by atoms with Crippen LogP contribution in [0.5, 0.6) is 0 Å². The Labute approximate surface area is 126 Å². The van der Waals surface area contributed by atoms with Crippen molar-refractivity contribution in [2.75, 3.05) is 17.7 Å². The number of anilines is 1. The van der Waals surface area contributed by atoms with Crippen molar-refractivity contribution in [2.24, 2.45) is 5.84 Å². The van der Waals surface area contributed by atoms with E-state index in [0.717, 1.165) is 30.7 Å². The topological polar surface area (TPSA) is 127 Å². The number of hydrogen-bond donors (Lipinski definition) is 3. The van der Waals surface area contributed by atoms with Gasteiger partial charge in [-0.2, -0.15) is 11.8 Å². The fraction of sp³-hybridized carbons (Fsp3) is 0.455. The number of benzene rings is 1. The SMILES string of the molecule is NNc1ccc([N+](=O)[O-])c(S(=O)(=O)NCC2CCCS2)c1. The Balaban J connectivity index is 2.26. The molecule has 1 saturated heterocycles. The third kappa shape index (κ3) is 3.84. The Morgan fingerprint density at radius 3 is 2.81 bits per heavy atom. The maximum atomic E-state index is 12.3. The Bertz CT molecular complexity index is 629. The lowest BCUT2D eigenvalue weighted by atomic mass is 10.2. The first-order valence-electron chi connectivity index (χ1n) is 6.30. The first-order valence-corrected chi connectivity index (χ1v) is 8.83. The lowest BCUT2D eigenvalue weighted by Gasteiger charge is -2.12. The van der Waals surface area contributed by atoms with Gasteiger partial charge < -0.3 is 5.43 Å².